The number of benzene rings is 1. The zero-order valence-electron chi connectivity index (χ0n) is 12.7. The van der Waals surface area contributed by atoms with Crippen LogP contribution in [0.25, 0.3) is 0 Å². The lowest BCUT2D eigenvalue weighted by molar-refractivity contribution is 0.288. The quantitative estimate of drug-likeness (QED) is 0.908. The van der Waals surface area contributed by atoms with Gasteiger partial charge in [0.25, 0.3) is 0 Å². The maximum absolute atomic E-state index is 12.7. The average Bonchev–Trinajstić information content (AvgIpc) is 2.70. The fraction of sp³-hybridized carbons (Fsp3) is 0.625. The van der Waals surface area contributed by atoms with E-state index in [1.165, 1.54) is 0 Å². The Bertz CT molecular complexity index is 539. The Labute approximate surface area is 127 Å². The largest absolute Gasteiger partial charge is 0.396 e. The first-order valence-corrected chi connectivity index (χ1v) is 9.18. The van der Waals surface area contributed by atoms with E-state index >= 15 is 0 Å². The van der Waals surface area contributed by atoms with Gasteiger partial charge in [-0.2, -0.15) is 4.31 Å². The summed E-state index contributed by atoms with van der Waals surface area (Å²) in [6.45, 7) is 3.59. The molecular weight excluding hydrogens is 286 g/mol. The number of aliphatic hydroxyl groups is 1. The summed E-state index contributed by atoms with van der Waals surface area (Å²) >= 11 is 0. The van der Waals surface area contributed by atoms with Gasteiger partial charge in [-0.3, -0.25) is 0 Å². The SMILES string of the molecule is CC1CCCN(S(=O)(=O)c2ccc(CCCO)cc2)CC1. The molecule has 1 fully saturated rings. The zero-order chi connectivity index (χ0) is 15.3. The van der Waals surface area contributed by atoms with Crippen LogP contribution in [-0.2, 0) is 16.4 Å². The molecule has 1 N–H and O–H groups in total. The Morgan fingerprint density at radius 3 is 2.57 bits per heavy atom. The molecule has 0 saturated carbocycles. The fourth-order valence-corrected chi connectivity index (χ4v) is 4.23. The van der Waals surface area contributed by atoms with Crippen LogP contribution < -0.4 is 0 Å². The maximum atomic E-state index is 12.7. The summed E-state index contributed by atoms with van der Waals surface area (Å²) in [5, 5.41) is 8.83. The highest BCUT2D eigenvalue weighted by molar-refractivity contribution is 7.89. The van der Waals surface area contributed by atoms with E-state index in [-0.39, 0.29) is 6.61 Å². The van der Waals surface area contributed by atoms with Crippen molar-refractivity contribution < 1.29 is 13.5 Å². The molecule has 1 aromatic carbocycles. The van der Waals surface area contributed by atoms with Crippen LogP contribution in [0, 0.1) is 5.92 Å². The first kappa shape index (κ1) is 16.5. The lowest BCUT2D eigenvalue weighted by Crippen LogP contribution is -2.32. The van der Waals surface area contributed by atoms with Crippen LogP contribution in [0.5, 0.6) is 0 Å². The molecule has 118 valence electrons. The normalized spacial score (nSPS) is 21.1. The molecule has 0 radical (unpaired) electrons. The molecule has 1 heterocycles. The van der Waals surface area contributed by atoms with E-state index in [9.17, 15) is 8.42 Å². The summed E-state index contributed by atoms with van der Waals surface area (Å²) in [5.41, 5.74) is 1.06. The lowest BCUT2D eigenvalue weighted by atomic mass is 10.0. The van der Waals surface area contributed by atoms with Crippen LogP contribution in [0.4, 0.5) is 0 Å². The minimum Gasteiger partial charge on any atom is -0.396 e. The van der Waals surface area contributed by atoms with Gasteiger partial charge in [-0.05, 0) is 55.7 Å². The van der Waals surface area contributed by atoms with Gasteiger partial charge < -0.3 is 5.11 Å². The third-order valence-electron chi connectivity index (χ3n) is 4.16. The monoisotopic (exact) mass is 311 g/mol. The Hall–Kier alpha value is -0.910. The molecule has 2 rings (SSSR count). The molecule has 1 saturated heterocycles. The predicted molar refractivity (Wildman–Crippen MR) is 83.6 cm³/mol. The van der Waals surface area contributed by atoms with Crippen molar-refractivity contribution in [2.24, 2.45) is 5.92 Å². The van der Waals surface area contributed by atoms with Crippen molar-refractivity contribution in [3.8, 4) is 0 Å². The van der Waals surface area contributed by atoms with Crippen LogP contribution in [0.3, 0.4) is 0 Å². The Balaban J connectivity index is 2.11. The Morgan fingerprint density at radius 2 is 1.90 bits per heavy atom. The smallest absolute Gasteiger partial charge is 0.243 e. The van der Waals surface area contributed by atoms with Gasteiger partial charge in [0.05, 0.1) is 4.90 Å². The molecule has 1 aliphatic heterocycles. The number of hydrogen-bond donors (Lipinski definition) is 1. The van der Waals surface area contributed by atoms with E-state index in [1.807, 2.05) is 12.1 Å². The maximum Gasteiger partial charge on any atom is 0.243 e. The third kappa shape index (κ3) is 4.28. The van der Waals surface area contributed by atoms with Crippen molar-refractivity contribution in [2.45, 2.75) is 43.9 Å². The lowest BCUT2D eigenvalue weighted by Gasteiger charge is -2.20. The van der Waals surface area contributed by atoms with Crippen molar-refractivity contribution in [3.63, 3.8) is 0 Å². The van der Waals surface area contributed by atoms with Gasteiger partial charge in [0, 0.05) is 19.7 Å². The topological polar surface area (TPSA) is 57.6 Å². The van der Waals surface area contributed by atoms with Crippen molar-refractivity contribution in [1.82, 2.24) is 4.31 Å². The highest BCUT2D eigenvalue weighted by atomic mass is 32.2. The number of sulfonamides is 1. The summed E-state index contributed by atoms with van der Waals surface area (Å²) < 4.78 is 26.9. The van der Waals surface area contributed by atoms with Crippen LogP contribution in [-0.4, -0.2) is 37.5 Å². The molecule has 1 atom stereocenters. The van der Waals surface area contributed by atoms with Crippen LogP contribution in [0.15, 0.2) is 29.2 Å². The Morgan fingerprint density at radius 1 is 1.19 bits per heavy atom. The Kier molecular flexibility index (Phi) is 5.79. The van der Waals surface area contributed by atoms with Crippen LogP contribution in [0.2, 0.25) is 0 Å². The first-order chi connectivity index (χ1) is 10.0. The molecular formula is C16H25NO3S. The third-order valence-corrected chi connectivity index (χ3v) is 6.07. The van der Waals surface area contributed by atoms with Crippen molar-refractivity contribution in [2.75, 3.05) is 19.7 Å². The van der Waals surface area contributed by atoms with Gasteiger partial charge in [0.1, 0.15) is 0 Å². The summed E-state index contributed by atoms with van der Waals surface area (Å²) in [5.74, 6) is 0.603. The van der Waals surface area contributed by atoms with Gasteiger partial charge in [-0.25, -0.2) is 8.42 Å². The number of aryl methyl sites for hydroxylation is 1. The number of hydrogen-bond acceptors (Lipinski definition) is 3. The van der Waals surface area contributed by atoms with Crippen molar-refractivity contribution in [1.29, 1.82) is 0 Å². The molecule has 0 bridgehead atoms. The van der Waals surface area contributed by atoms with E-state index in [0.717, 1.165) is 31.2 Å². The van der Waals surface area contributed by atoms with Gasteiger partial charge in [0.2, 0.25) is 10.0 Å². The summed E-state index contributed by atoms with van der Waals surface area (Å²) in [7, 11) is -3.36. The molecule has 1 unspecified atom stereocenters. The van der Waals surface area contributed by atoms with E-state index in [2.05, 4.69) is 6.92 Å². The van der Waals surface area contributed by atoms with Crippen molar-refractivity contribution >= 4 is 10.0 Å². The van der Waals surface area contributed by atoms with E-state index in [4.69, 9.17) is 5.11 Å². The molecule has 0 aliphatic carbocycles. The van der Waals surface area contributed by atoms with E-state index < -0.39 is 10.0 Å². The van der Waals surface area contributed by atoms with Crippen LogP contribution >= 0.6 is 0 Å². The molecule has 4 nitrogen and oxygen atoms in total. The van der Waals surface area contributed by atoms with Gasteiger partial charge >= 0.3 is 0 Å². The molecule has 0 amide bonds. The number of nitrogens with zero attached hydrogens (tertiary/aromatic N) is 1. The minimum absolute atomic E-state index is 0.159. The number of rotatable bonds is 5. The second-order valence-corrected chi connectivity index (χ2v) is 7.85. The molecule has 0 aromatic heterocycles. The minimum atomic E-state index is -3.36. The second-order valence-electron chi connectivity index (χ2n) is 5.91. The predicted octanol–water partition coefficient (Wildman–Crippen LogP) is 2.42. The van der Waals surface area contributed by atoms with E-state index in [1.54, 1.807) is 16.4 Å². The molecule has 1 aromatic rings. The molecule has 5 heteroatoms. The highest BCUT2D eigenvalue weighted by Crippen LogP contribution is 2.23. The fourth-order valence-electron chi connectivity index (χ4n) is 2.74. The molecule has 0 spiro atoms. The van der Waals surface area contributed by atoms with Gasteiger partial charge in [0.15, 0.2) is 0 Å². The van der Waals surface area contributed by atoms with E-state index in [0.29, 0.717) is 30.3 Å². The summed E-state index contributed by atoms with van der Waals surface area (Å²) in [6.07, 6.45) is 4.46. The second kappa shape index (κ2) is 7.38. The molecule has 1 aliphatic rings. The molecule has 21 heavy (non-hydrogen) atoms. The number of aliphatic hydroxyl groups excluding tert-OH is 1. The van der Waals surface area contributed by atoms with Gasteiger partial charge in [-0.15, -0.1) is 0 Å². The summed E-state index contributed by atoms with van der Waals surface area (Å²) in [4.78, 5) is 0.379. The van der Waals surface area contributed by atoms with Gasteiger partial charge in [-0.1, -0.05) is 19.1 Å². The summed E-state index contributed by atoms with van der Waals surface area (Å²) in [6, 6.07) is 7.08. The van der Waals surface area contributed by atoms with Crippen molar-refractivity contribution in [3.05, 3.63) is 29.8 Å². The average molecular weight is 311 g/mol. The zero-order valence-corrected chi connectivity index (χ0v) is 13.5. The van der Waals surface area contributed by atoms with Crippen LogP contribution in [0.1, 0.15) is 38.2 Å². The standard InChI is InChI=1S/C16H25NO3S/c1-14-4-2-11-17(12-10-14)21(19,20)16-8-6-15(7-9-16)5-3-13-18/h6-9,14,18H,2-5,10-13H2,1H3. The highest BCUT2D eigenvalue weighted by Gasteiger charge is 2.26. The first-order valence-electron chi connectivity index (χ1n) is 7.74.